The number of nitrogens with one attached hydrogen (secondary N) is 2. The number of fused-ring (bicyclic) bond motifs is 2. The number of rotatable bonds is 19. The second kappa shape index (κ2) is 19.9. The number of hydrogen-bond donors (Lipinski definition) is 5. The molecule has 0 saturated carbocycles. The predicted octanol–water partition coefficient (Wildman–Crippen LogP) is 9.68. The first-order chi connectivity index (χ1) is 30.7. The first-order valence-electron chi connectivity index (χ1n) is 19.6. The number of anilines is 6. The summed E-state index contributed by atoms with van der Waals surface area (Å²) >= 11 is 3.25. The first-order valence-corrected chi connectivity index (χ1v) is 25.0. The zero-order valence-corrected chi connectivity index (χ0v) is 38.7. The molecule has 0 radical (unpaired) electrons. The minimum absolute atomic E-state index is 0.126. The Morgan fingerprint density at radius 3 is 1.44 bits per heavy atom. The van der Waals surface area contributed by atoms with Crippen LogP contribution in [0.5, 0.6) is 0 Å². The van der Waals surface area contributed by atoms with Crippen molar-refractivity contribution < 1.29 is 31.0 Å². The molecule has 20 nitrogen and oxygen atoms in total. The Morgan fingerprint density at radius 1 is 0.609 bits per heavy atom. The summed E-state index contributed by atoms with van der Waals surface area (Å²) in [6.45, 7) is 10.9. The zero-order valence-electron chi connectivity index (χ0n) is 34.6. The topological polar surface area (TPSA) is 273 Å². The predicted molar refractivity (Wildman–Crippen MR) is 251 cm³/mol. The Hall–Kier alpha value is -5.80. The standard InChI is InChI=1S/C39H41N13O7S5/c1-5-51(6-2)23-9-13-31(45-47-35-27-21-25(63(54,55)56)11-15-29(27)49-61-35)33(19-23)40-37-42-38(44-39(43-37)60-18-17-53)41-34-20-24(52(7-3)8-4)10-14-32(34)46-48-36-28-22-26(64(57,58)59)12-16-30(28)50-62-36/h9-16,19-22,53H,5-8,17-18H2,1-4H3,(H,54,55,56)(H,57,58,59)(H2,40,41,42,43,44)/b47-45+,48-46+. The van der Waals surface area contributed by atoms with Gasteiger partial charge in [0.05, 0.1) is 38.8 Å². The zero-order chi connectivity index (χ0) is 45.6. The molecule has 0 atom stereocenters. The summed E-state index contributed by atoms with van der Waals surface area (Å²) in [6.07, 6.45) is 0. The monoisotopic (exact) mass is 963 g/mol. The molecule has 0 aliphatic heterocycles. The van der Waals surface area contributed by atoms with Crippen LogP contribution in [0.15, 0.2) is 108 Å². The van der Waals surface area contributed by atoms with E-state index in [4.69, 9.17) is 4.98 Å². The average Bonchev–Trinajstić information content (AvgIpc) is 3.88. The molecule has 64 heavy (non-hydrogen) atoms. The minimum atomic E-state index is -4.47. The number of nitrogens with zero attached hydrogens (tertiary/aromatic N) is 11. The quantitative estimate of drug-likeness (QED) is 0.0286. The van der Waals surface area contributed by atoms with E-state index in [0.717, 1.165) is 60.6 Å². The van der Waals surface area contributed by atoms with E-state index in [1.54, 1.807) is 12.1 Å². The highest BCUT2D eigenvalue weighted by molar-refractivity contribution is 7.99. The molecule has 334 valence electrons. The third-order valence-electron chi connectivity index (χ3n) is 9.60. The third kappa shape index (κ3) is 10.8. The van der Waals surface area contributed by atoms with E-state index in [1.165, 1.54) is 48.2 Å². The Kier molecular flexibility index (Phi) is 14.4. The van der Waals surface area contributed by atoms with Crippen LogP contribution in [0.3, 0.4) is 0 Å². The first kappa shape index (κ1) is 46.2. The van der Waals surface area contributed by atoms with Crippen LogP contribution in [0.2, 0.25) is 0 Å². The van der Waals surface area contributed by atoms with Crippen LogP contribution in [0.25, 0.3) is 21.8 Å². The number of hydrogen-bond acceptors (Lipinski definition) is 21. The molecule has 0 unspecified atom stereocenters. The van der Waals surface area contributed by atoms with E-state index in [1.807, 2.05) is 52.0 Å². The van der Waals surface area contributed by atoms with Gasteiger partial charge in [-0.25, -0.2) is 0 Å². The van der Waals surface area contributed by atoms with Gasteiger partial charge in [-0.3, -0.25) is 9.11 Å². The van der Waals surface area contributed by atoms with Crippen molar-refractivity contribution in [3.05, 3.63) is 72.8 Å². The van der Waals surface area contributed by atoms with E-state index in [9.17, 15) is 31.0 Å². The van der Waals surface area contributed by atoms with Crippen molar-refractivity contribution in [3.63, 3.8) is 0 Å². The summed E-state index contributed by atoms with van der Waals surface area (Å²) in [5.74, 6) is 0.544. The molecule has 0 fully saturated rings. The van der Waals surface area contributed by atoms with Gasteiger partial charge >= 0.3 is 0 Å². The van der Waals surface area contributed by atoms with Crippen molar-refractivity contribution in [2.75, 3.05) is 59.0 Å². The molecule has 7 rings (SSSR count). The number of azo groups is 2. The van der Waals surface area contributed by atoms with E-state index >= 15 is 0 Å². The molecule has 0 aliphatic rings. The van der Waals surface area contributed by atoms with Crippen molar-refractivity contribution in [2.24, 2.45) is 20.5 Å². The van der Waals surface area contributed by atoms with Crippen LogP contribution in [0, 0.1) is 0 Å². The van der Waals surface area contributed by atoms with Gasteiger partial charge in [-0.05, 0) is 124 Å². The van der Waals surface area contributed by atoms with Crippen molar-refractivity contribution in [3.8, 4) is 0 Å². The van der Waals surface area contributed by atoms with Gasteiger partial charge in [0.2, 0.25) is 11.9 Å². The second-order valence-electron chi connectivity index (χ2n) is 13.5. The highest BCUT2D eigenvalue weighted by Crippen LogP contribution is 2.39. The van der Waals surface area contributed by atoms with E-state index in [2.05, 4.69) is 59.6 Å². The lowest BCUT2D eigenvalue weighted by Crippen LogP contribution is -2.21. The van der Waals surface area contributed by atoms with Crippen molar-refractivity contribution >= 4 is 133 Å². The Labute approximate surface area is 380 Å². The molecule has 0 aliphatic carbocycles. The molecule has 0 spiro atoms. The van der Waals surface area contributed by atoms with Crippen molar-refractivity contribution in [2.45, 2.75) is 42.6 Å². The summed E-state index contributed by atoms with van der Waals surface area (Å²) in [7, 11) is -8.94. The summed E-state index contributed by atoms with van der Waals surface area (Å²) in [5.41, 5.74) is 4.44. The van der Waals surface area contributed by atoms with Crippen LogP contribution in [0.4, 0.5) is 56.0 Å². The Morgan fingerprint density at radius 2 is 1.05 bits per heavy atom. The molecule has 3 aromatic heterocycles. The molecular weight excluding hydrogens is 923 g/mol. The summed E-state index contributed by atoms with van der Waals surface area (Å²) in [4.78, 5) is 17.7. The highest BCUT2D eigenvalue weighted by atomic mass is 32.2. The Bertz CT molecular complexity index is 2900. The van der Waals surface area contributed by atoms with Gasteiger partial charge in [-0.2, -0.15) is 40.5 Å². The maximum atomic E-state index is 11.9. The molecule has 4 aromatic carbocycles. The fourth-order valence-electron chi connectivity index (χ4n) is 6.38. The Balaban J connectivity index is 1.28. The van der Waals surface area contributed by atoms with Gasteiger partial charge in [0.25, 0.3) is 20.2 Å². The molecule has 5 N–H and O–H groups in total. The van der Waals surface area contributed by atoms with Gasteiger partial charge < -0.3 is 25.5 Å². The fourth-order valence-corrected chi connectivity index (χ4v) is 9.34. The van der Waals surface area contributed by atoms with E-state index in [-0.39, 0.29) is 33.5 Å². The largest absolute Gasteiger partial charge is 0.396 e. The average molecular weight is 964 g/mol. The molecule has 0 saturated heterocycles. The van der Waals surface area contributed by atoms with Crippen LogP contribution < -0.4 is 20.4 Å². The van der Waals surface area contributed by atoms with Gasteiger partial charge in [0.15, 0.2) is 15.2 Å². The van der Waals surface area contributed by atoms with Gasteiger partial charge in [0.1, 0.15) is 11.4 Å². The van der Waals surface area contributed by atoms with E-state index in [0.29, 0.717) is 60.3 Å². The van der Waals surface area contributed by atoms with Crippen molar-refractivity contribution in [1.29, 1.82) is 0 Å². The SMILES string of the molecule is CCN(CC)c1ccc(/N=N/c2snc3ccc(S(=O)(=O)O)cc23)c(Nc2nc(Nc3cc(N(CC)CC)ccc3/N=N/c3snc4ccc(S(=O)(=O)O)cc34)nc(SCCO)n2)c1. The minimum Gasteiger partial charge on any atom is -0.396 e. The number of benzene rings is 4. The second-order valence-corrected chi connectivity index (χ2v) is 18.9. The third-order valence-corrected chi connectivity index (χ3v) is 13.7. The molecule has 7 aromatic rings. The van der Waals surface area contributed by atoms with Crippen LogP contribution in [-0.2, 0) is 20.2 Å². The number of aromatic nitrogens is 5. The summed E-state index contributed by atoms with van der Waals surface area (Å²) < 4.78 is 75.5. The molecule has 25 heteroatoms. The van der Waals surface area contributed by atoms with Crippen LogP contribution >= 0.6 is 34.8 Å². The van der Waals surface area contributed by atoms with Gasteiger partial charge in [-0.15, -0.1) is 20.5 Å². The summed E-state index contributed by atoms with van der Waals surface area (Å²) in [5, 5.41) is 36.0. The maximum absolute atomic E-state index is 11.9. The van der Waals surface area contributed by atoms with Crippen LogP contribution in [-0.4, -0.2) is 93.3 Å². The smallest absolute Gasteiger partial charge is 0.294 e. The number of aliphatic hydroxyl groups is 1. The maximum Gasteiger partial charge on any atom is 0.294 e. The lowest BCUT2D eigenvalue weighted by atomic mass is 10.2. The highest BCUT2D eigenvalue weighted by Gasteiger charge is 2.18. The molecule has 0 bridgehead atoms. The van der Waals surface area contributed by atoms with Gasteiger partial charge in [-0.1, -0.05) is 11.8 Å². The lowest BCUT2D eigenvalue weighted by Gasteiger charge is -2.22. The van der Waals surface area contributed by atoms with E-state index < -0.39 is 20.2 Å². The van der Waals surface area contributed by atoms with Crippen LogP contribution in [0.1, 0.15) is 27.7 Å². The molecule has 0 amide bonds. The normalized spacial score (nSPS) is 12.2. The van der Waals surface area contributed by atoms with Crippen molar-refractivity contribution in [1.82, 2.24) is 23.7 Å². The summed E-state index contributed by atoms with van der Waals surface area (Å²) in [6, 6.07) is 19.2. The number of aliphatic hydroxyl groups excluding tert-OH is 1. The molecular formula is C39H41N13O7S5. The fraction of sp³-hybridized carbons (Fsp3) is 0.256. The number of thioether (sulfide) groups is 1. The lowest BCUT2D eigenvalue weighted by molar-refractivity contribution is 0.322. The molecule has 3 heterocycles. The van der Waals surface area contributed by atoms with Gasteiger partial charge in [0, 0.05) is 54.1 Å².